The molecule has 1 rings (SSSR count). The van der Waals surface area contributed by atoms with Gasteiger partial charge in [-0.15, -0.1) is 0 Å². The SMILES string of the molecule is CSCc1noc(CCCCO)n1. The lowest BCUT2D eigenvalue weighted by Crippen LogP contribution is -1.89. The fourth-order valence-corrected chi connectivity index (χ4v) is 1.34. The Bertz CT molecular complexity index is 240. The topological polar surface area (TPSA) is 59.2 Å². The van der Waals surface area contributed by atoms with E-state index in [9.17, 15) is 0 Å². The van der Waals surface area contributed by atoms with Gasteiger partial charge >= 0.3 is 0 Å². The van der Waals surface area contributed by atoms with E-state index in [1.165, 1.54) is 0 Å². The van der Waals surface area contributed by atoms with Crippen molar-refractivity contribution < 1.29 is 9.63 Å². The first kappa shape index (κ1) is 10.5. The summed E-state index contributed by atoms with van der Waals surface area (Å²) in [6, 6.07) is 0. The first-order valence-corrected chi connectivity index (χ1v) is 5.67. The van der Waals surface area contributed by atoms with Gasteiger partial charge in [0.2, 0.25) is 5.89 Å². The van der Waals surface area contributed by atoms with E-state index in [0.717, 1.165) is 30.8 Å². The summed E-state index contributed by atoms with van der Waals surface area (Å²) in [5, 5.41) is 12.4. The molecular weight excluding hydrogens is 188 g/mol. The highest BCUT2D eigenvalue weighted by molar-refractivity contribution is 7.97. The van der Waals surface area contributed by atoms with Gasteiger partial charge in [0.25, 0.3) is 0 Å². The number of hydrogen-bond acceptors (Lipinski definition) is 5. The fourth-order valence-electron chi connectivity index (χ4n) is 0.967. The molecule has 1 heterocycles. The first-order chi connectivity index (χ1) is 6.36. The van der Waals surface area contributed by atoms with E-state index in [0.29, 0.717) is 5.89 Å². The number of thioether (sulfide) groups is 1. The Hall–Kier alpha value is -0.550. The number of hydrogen-bond donors (Lipinski definition) is 1. The minimum Gasteiger partial charge on any atom is -0.396 e. The molecule has 0 fully saturated rings. The van der Waals surface area contributed by atoms with Crippen molar-refractivity contribution in [1.29, 1.82) is 0 Å². The third-order valence-corrected chi connectivity index (χ3v) is 2.13. The van der Waals surface area contributed by atoms with Gasteiger partial charge in [0.05, 0.1) is 5.75 Å². The van der Waals surface area contributed by atoms with Crippen molar-refractivity contribution in [3.8, 4) is 0 Å². The van der Waals surface area contributed by atoms with Gasteiger partial charge in [0, 0.05) is 13.0 Å². The molecule has 1 aromatic heterocycles. The largest absolute Gasteiger partial charge is 0.396 e. The van der Waals surface area contributed by atoms with Crippen LogP contribution in [0.25, 0.3) is 0 Å². The zero-order valence-electron chi connectivity index (χ0n) is 7.69. The van der Waals surface area contributed by atoms with E-state index in [4.69, 9.17) is 9.63 Å². The zero-order valence-corrected chi connectivity index (χ0v) is 8.51. The molecule has 0 radical (unpaired) electrons. The highest BCUT2D eigenvalue weighted by Crippen LogP contribution is 2.07. The van der Waals surface area contributed by atoms with Gasteiger partial charge in [-0.3, -0.25) is 0 Å². The standard InChI is InChI=1S/C8H14N2O2S/c1-13-6-7-9-8(12-10-7)4-2-3-5-11/h11H,2-6H2,1H3. The number of aliphatic hydroxyl groups excluding tert-OH is 1. The van der Waals surface area contributed by atoms with Crippen molar-refractivity contribution in [1.82, 2.24) is 10.1 Å². The minimum atomic E-state index is 0.228. The maximum atomic E-state index is 8.56. The summed E-state index contributed by atoms with van der Waals surface area (Å²) in [6.07, 6.45) is 4.46. The highest BCUT2D eigenvalue weighted by atomic mass is 32.2. The Balaban J connectivity index is 2.31. The summed E-state index contributed by atoms with van der Waals surface area (Å²) in [5.41, 5.74) is 0. The summed E-state index contributed by atoms with van der Waals surface area (Å²) < 4.78 is 5.01. The Morgan fingerprint density at radius 2 is 2.31 bits per heavy atom. The van der Waals surface area contributed by atoms with Crippen molar-refractivity contribution in [2.75, 3.05) is 12.9 Å². The van der Waals surface area contributed by atoms with E-state index < -0.39 is 0 Å². The van der Waals surface area contributed by atoms with Crippen LogP contribution < -0.4 is 0 Å². The van der Waals surface area contributed by atoms with Crippen LogP contribution in [-0.2, 0) is 12.2 Å². The molecule has 0 saturated heterocycles. The molecule has 0 aliphatic carbocycles. The summed E-state index contributed by atoms with van der Waals surface area (Å²) in [7, 11) is 0. The second-order valence-corrected chi connectivity index (χ2v) is 3.58. The number of rotatable bonds is 6. The molecule has 0 spiro atoms. The predicted molar refractivity (Wildman–Crippen MR) is 51.5 cm³/mol. The molecule has 1 aromatic rings. The van der Waals surface area contributed by atoms with Crippen molar-refractivity contribution >= 4 is 11.8 Å². The molecule has 5 heteroatoms. The monoisotopic (exact) mass is 202 g/mol. The van der Waals surface area contributed by atoms with Crippen LogP contribution in [0.5, 0.6) is 0 Å². The van der Waals surface area contributed by atoms with Crippen molar-refractivity contribution in [2.45, 2.75) is 25.0 Å². The summed E-state index contributed by atoms with van der Waals surface area (Å²) in [5.74, 6) is 2.23. The highest BCUT2D eigenvalue weighted by Gasteiger charge is 2.04. The second-order valence-electron chi connectivity index (χ2n) is 2.72. The van der Waals surface area contributed by atoms with Crippen LogP contribution >= 0.6 is 11.8 Å². The lowest BCUT2D eigenvalue weighted by Gasteiger charge is -1.90. The number of aryl methyl sites for hydroxylation is 1. The van der Waals surface area contributed by atoms with Crippen LogP contribution in [0.15, 0.2) is 4.52 Å². The molecule has 0 atom stereocenters. The first-order valence-electron chi connectivity index (χ1n) is 4.28. The van der Waals surface area contributed by atoms with E-state index in [-0.39, 0.29) is 6.61 Å². The molecule has 0 aromatic carbocycles. The zero-order chi connectivity index (χ0) is 9.52. The van der Waals surface area contributed by atoms with Gasteiger partial charge in [-0.05, 0) is 19.1 Å². The minimum absolute atomic E-state index is 0.228. The van der Waals surface area contributed by atoms with E-state index in [1.54, 1.807) is 11.8 Å². The molecule has 0 saturated carbocycles. The summed E-state index contributed by atoms with van der Waals surface area (Å²) in [4.78, 5) is 4.19. The van der Waals surface area contributed by atoms with Gasteiger partial charge in [-0.2, -0.15) is 16.7 Å². The number of nitrogens with zero attached hydrogens (tertiary/aromatic N) is 2. The van der Waals surface area contributed by atoms with Crippen LogP contribution in [0.3, 0.4) is 0 Å². The van der Waals surface area contributed by atoms with Gasteiger partial charge in [0.1, 0.15) is 0 Å². The molecule has 13 heavy (non-hydrogen) atoms. The molecule has 4 nitrogen and oxygen atoms in total. The van der Waals surface area contributed by atoms with E-state index in [2.05, 4.69) is 10.1 Å². The molecule has 0 bridgehead atoms. The molecule has 0 unspecified atom stereocenters. The molecular formula is C8H14N2O2S. The average molecular weight is 202 g/mol. The van der Waals surface area contributed by atoms with Gasteiger partial charge in [-0.1, -0.05) is 5.16 Å². The van der Waals surface area contributed by atoms with Crippen LogP contribution in [0.1, 0.15) is 24.6 Å². The Labute approximate surface area is 81.7 Å². The number of aliphatic hydroxyl groups is 1. The second kappa shape index (κ2) is 5.99. The van der Waals surface area contributed by atoms with Crippen molar-refractivity contribution in [3.05, 3.63) is 11.7 Å². The van der Waals surface area contributed by atoms with Crippen molar-refractivity contribution in [2.24, 2.45) is 0 Å². The molecule has 74 valence electrons. The molecule has 0 amide bonds. The molecule has 0 aliphatic rings. The summed E-state index contributed by atoms with van der Waals surface area (Å²) in [6.45, 7) is 0.228. The summed E-state index contributed by atoms with van der Waals surface area (Å²) >= 11 is 1.67. The maximum Gasteiger partial charge on any atom is 0.226 e. The Morgan fingerprint density at radius 3 is 3.00 bits per heavy atom. The fraction of sp³-hybridized carbons (Fsp3) is 0.750. The van der Waals surface area contributed by atoms with Gasteiger partial charge < -0.3 is 9.63 Å². The van der Waals surface area contributed by atoms with E-state index in [1.807, 2.05) is 6.26 Å². The molecule has 1 N–H and O–H groups in total. The number of aromatic nitrogens is 2. The van der Waals surface area contributed by atoms with Gasteiger partial charge in [0.15, 0.2) is 5.82 Å². The van der Waals surface area contributed by atoms with Crippen LogP contribution in [0.4, 0.5) is 0 Å². The van der Waals surface area contributed by atoms with Crippen LogP contribution in [-0.4, -0.2) is 28.1 Å². The van der Waals surface area contributed by atoms with Crippen LogP contribution in [0.2, 0.25) is 0 Å². The average Bonchev–Trinajstić information content (AvgIpc) is 2.54. The lowest BCUT2D eigenvalue weighted by atomic mass is 10.2. The van der Waals surface area contributed by atoms with Gasteiger partial charge in [-0.25, -0.2) is 0 Å². The molecule has 0 aliphatic heterocycles. The quantitative estimate of drug-likeness (QED) is 0.703. The third kappa shape index (κ3) is 3.78. The number of unbranched alkanes of at least 4 members (excludes halogenated alkanes) is 1. The Kier molecular flexibility index (Phi) is 4.85. The van der Waals surface area contributed by atoms with Crippen molar-refractivity contribution in [3.63, 3.8) is 0 Å². The van der Waals surface area contributed by atoms with Crippen LogP contribution in [0, 0.1) is 0 Å². The Morgan fingerprint density at radius 1 is 1.46 bits per heavy atom. The lowest BCUT2D eigenvalue weighted by molar-refractivity contribution is 0.280. The third-order valence-electron chi connectivity index (χ3n) is 1.58. The predicted octanol–water partition coefficient (Wildman–Crippen LogP) is 1.25. The smallest absolute Gasteiger partial charge is 0.226 e. The maximum absolute atomic E-state index is 8.56. The normalized spacial score (nSPS) is 10.6. The van der Waals surface area contributed by atoms with E-state index >= 15 is 0 Å².